The van der Waals surface area contributed by atoms with Gasteiger partial charge in [-0.05, 0) is 36.2 Å². The number of nitrogens with zero attached hydrogens (tertiary/aromatic N) is 1. The number of ether oxygens (including phenoxy) is 1. The predicted octanol–water partition coefficient (Wildman–Crippen LogP) is 3.91. The molecule has 1 unspecified atom stereocenters. The fourth-order valence-corrected chi connectivity index (χ4v) is 3.95. The Kier molecular flexibility index (Phi) is 5.75. The predicted molar refractivity (Wildman–Crippen MR) is 94.7 cm³/mol. The number of rotatable bonds is 4. The van der Waals surface area contributed by atoms with Crippen LogP contribution in [0.25, 0.3) is 0 Å². The van der Waals surface area contributed by atoms with E-state index < -0.39 is 0 Å². The number of thioether (sulfide) groups is 1. The summed E-state index contributed by atoms with van der Waals surface area (Å²) in [5, 5.41) is 0.432. The average Bonchev–Trinajstić information content (AvgIpc) is 2.88. The minimum absolute atomic E-state index is 0.00764. The highest BCUT2D eigenvalue weighted by Crippen LogP contribution is 2.34. The van der Waals surface area contributed by atoms with Gasteiger partial charge in [0.25, 0.3) is 5.91 Å². The van der Waals surface area contributed by atoms with Gasteiger partial charge in [0.15, 0.2) is 6.61 Å². The summed E-state index contributed by atoms with van der Waals surface area (Å²) in [5.41, 5.74) is 1.32. The van der Waals surface area contributed by atoms with Crippen molar-refractivity contribution in [1.29, 1.82) is 0 Å². The van der Waals surface area contributed by atoms with E-state index in [4.69, 9.17) is 4.74 Å². The number of carbonyl (C=O) groups is 1. The quantitative estimate of drug-likeness (QED) is 0.841. The standard InChI is InChI=1S/C19H20FNO2S/c20-16-6-8-17(9-7-16)23-14-19(22)21-11-10-18(24-13-12-21)15-4-2-1-3-5-15/h1-9,18H,10-14H2. The van der Waals surface area contributed by atoms with E-state index in [1.807, 2.05) is 22.7 Å². The van der Waals surface area contributed by atoms with Crippen LogP contribution in [0.2, 0.25) is 0 Å². The number of carbonyl (C=O) groups excluding carboxylic acids is 1. The second-order valence-corrected chi connectivity index (χ2v) is 6.99. The molecule has 0 aromatic heterocycles. The van der Waals surface area contributed by atoms with E-state index >= 15 is 0 Å². The molecule has 126 valence electrons. The Morgan fingerprint density at radius 3 is 2.62 bits per heavy atom. The van der Waals surface area contributed by atoms with Crippen LogP contribution in [-0.2, 0) is 4.79 Å². The maximum atomic E-state index is 12.9. The third-order valence-electron chi connectivity index (χ3n) is 4.04. The molecule has 0 bridgehead atoms. The van der Waals surface area contributed by atoms with Crippen LogP contribution in [0.1, 0.15) is 17.2 Å². The first-order valence-electron chi connectivity index (χ1n) is 8.05. The summed E-state index contributed by atoms with van der Waals surface area (Å²) in [6.45, 7) is 1.46. The van der Waals surface area contributed by atoms with Crippen molar-refractivity contribution in [2.45, 2.75) is 11.7 Å². The molecular formula is C19H20FNO2S. The molecule has 3 nitrogen and oxygen atoms in total. The van der Waals surface area contributed by atoms with Crippen LogP contribution < -0.4 is 4.74 Å². The first-order chi connectivity index (χ1) is 11.7. The van der Waals surface area contributed by atoms with Crippen molar-refractivity contribution in [3.8, 4) is 5.75 Å². The zero-order chi connectivity index (χ0) is 16.8. The lowest BCUT2D eigenvalue weighted by Crippen LogP contribution is -2.36. The Labute approximate surface area is 145 Å². The van der Waals surface area contributed by atoms with Crippen LogP contribution in [0.3, 0.4) is 0 Å². The summed E-state index contributed by atoms with van der Waals surface area (Å²) in [7, 11) is 0. The summed E-state index contributed by atoms with van der Waals surface area (Å²) in [4.78, 5) is 14.2. The molecule has 1 aliphatic heterocycles. The summed E-state index contributed by atoms with van der Waals surface area (Å²) >= 11 is 1.90. The van der Waals surface area contributed by atoms with Crippen LogP contribution in [0, 0.1) is 5.82 Å². The molecule has 1 aliphatic rings. The van der Waals surface area contributed by atoms with E-state index in [2.05, 4.69) is 24.3 Å². The van der Waals surface area contributed by atoms with Gasteiger partial charge in [-0.1, -0.05) is 30.3 Å². The van der Waals surface area contributed by atoms with E-state index in [0.717, 1.165) is 25.3 Å². The highest BCUT2D eigenvalue weighted by molar-refractivity contribution is 7.99. The van der Waals surface area contributed by atoms with E-state index in [9.17, 15) is 9.18 Å². The van der Waals surface area contributed by atoms with Crippen LogP contribution in [-0.4, -0.2) is 36.3 Å². The monoisotopic (exact) mass is 345 g/mol. The molecule has 0 spiro atoms. The van der Waals surface area contributed by atoms with Gasteiger partial charge in [0.1, 0.15) is 11.6 Å². The van der Waals surface area contributed by atoms with Gasteiger partial charge in [-0.3, -0.25) is 4.79 Å². The first-order valence-corrected chi connectivity index (χ1v) is 9.10. The Bertz CT molecular complexity index is 663. The van der Waals surface area contributed by atoms with Crippen LogP contribution in [0.5, 0.6) is 5.75 Å². The minimum Gasteiger partial charge on any atom is -0.484 e. The molecule has 0 radical (unpaired) electrons. The highest BCUT2D eigenvalue weighted by Gasteiger charge is 2.22. The van der Waals surface area contributed by atoms with Crippen molar-refractivity contribution in [1.82, 2.24) is 4.90 Å². The second kappa shape index (κ2) is 8.20. The number of amides is 1. The van der Waals surface area contributed by atoms with Crippen molar-refractivity contribution < 1.29 is 13.9 Å². The normalized spacial score (nSPS) is 18.0. The zero-order valence-electron chi connectivity index (χ0n) is 13.4. The van der Waals surface area contributed by atoms with Gasteiger partial charge in [-0.15, -0.1) is 0 Å². The van der Waals surface area contributed by atoms with E-state index in [-0.39, 0.29) is 18.3 Å². The van der Waals surface area contributed by atoms with E-state index in [1.54, 1.807) is 0 Å². The number of hydrogen-bond acceptors (Lipinski definition) is 3. The SMILES string of the molecule is O=C(COc1ccc(F)cc1)N1CCSC(c2ccccc2)CC1. The zero-order valence-corrected chi connectivity index (χ0v) is 14.2. The lowest BCUT2D eigenvalue weighted by atomic mass is 10.1. The van der Waals surface area contributed by atoms with Gasteiger partial charge in [-0.2, -0.15) is 11.8 Å². The molecule has 1 atom stereocenters. The van der Waals surface area contributed by atoms with Gasteiger partial charge >= 0.3 is 0 Å². The summed E-state index contributed by atoms with van der Waals surface area (Å²) in [6.07, 6.45) is 0.941. The molecule has 1 fully saturated rings. The van der Waals surface area contributed by atoms with E-state index in [0.29, 0.717) is 11.0 Å². The van der Waals surface area contributed by atoms with Crippen molar-refractivity contribution in [2.24, 2.45) is 0 Å². The molecule has 2 aromatic carbocycles. The molecule has 0 N–H and O–H groups in total. The van der Waals surface area contributed by atoms with E-state index in [1.165, 1.54) is 29.8 Å². The molecule has 0 saturated carbocycles. The van der Waals surface area contributed by atoms with Crippen LogP contribution in [0.4, 0.5) is 4.39 Å². The highest BCUT2D eigenvalue weighted by atomic mass is 32.2. The Morgan fingerprint density at radius 1 is 1.12 bits per heavy atom. The van der Waals surface area contributed by atoms with Gasteiger partial charge in [-0.25, -0.2) is 4.39 Å². The molecular weight excluding hydrogens is 325 g/mol. The lowest BCUT2D eigenvalue weighted by molar-refractivity contribution is -0.133. The van der Waals surface area contributed by atoms with Gasteiger partial charge in [0, 0.05) is 24.1 Å². The number of benzene rings is 2. The Balaban J connectivity index is 1.52. The molecule has 1 heterocycles. The topological polar surface area (TPSA) is 29.5 Å². The smallest absolute Gasteiger partial charge is 0.260 e. The summed E-state index contributed by atoms with van der Waals surface area (Å²) in [5.74, 6) is 1.09. The molecule has 3 rings (SSSR count). The first kappa shape index (κ1) is 16.8. The fourth-order valence-electron chi connectivity index (χ4n) is 2.72. The fraction of sp³-hybridized carbons (Fsp3) is 0.316. The molecule has 1 saturated heterocycles. The van der Waals surface area contributed by atoms with Crippen molar-refractivity contribution in [3.05, 3.63) is 66.0 Å². The lowest BCUT2D eigenvalue weighted by Gasteiger charge is -2.20. The number of halogens is 1. The minimum atomic E-state index is -0.315. The molecule has 2 aromatic rings. The second-order valence-electron chi connectivity index (χ2n) is 5.68. The Hall–Kier alpha value is -2.01. The van der Waals surface area contributed by atoms with Gasteiger partial charge < -0.3 is 9.64 Å². The maximum Gasteiger partial charge on any atom is 0.260 e. The van der Waals surface area contributed by atoms with Crippen molar-refractivity contribution in [2.75, 3.05) is 25.4 Å². The van der Waals surface area contributed by atoms with Crippen LogP contribution >= 0.6 is 11.8 Å². The van der Waals surface area contributed by atoms with Gasteiger partial charge in [0.2, 0.25) is 0 Å². The largest absolute Gasteiger partial charge is 0.484 e. The summed E-state index contributed by atoms with van der Waals surface area (Å²) < 4.78 is 18.3. The molecule has 0 aliphatic carbocycles. The van der Waals surface area contributed by atoms with Crippen molar-refractivity contribution >= 4 is 17.7 Å². The third kappa shape index (κ3) is 4.51. The molecule has 1 amide bonds. The van der Waals surface area contributed by atoms with Crippen molar-refractivity contribution in [3.63, 3.8) is 0 Å². The average molecular weight is 345 g/mol. The molecule has 24 heavy (non-hydrogen) atoms. The Morgan fingerprint density at radius 2 is 1.88 bits per heavy atom. The number of hydrogen-bond donors (Lipinski definition) is 0. The van der Waals surface area contributed by atoms with Crippen LogP contribution in [0.15, 0.2) is 54.6 Å². The third-order valence-corrected chi connectivity index (χ3v) is 5.37. The van der Waals surface area contributed by atoms with Gasteiger partial charge in [0.05, 0.1) is 0 Å². The summed E-state index contributed by atoms with van der Waals surface area (Å²) in [6, 6.07) is 16.1. The maximum absolute atomic E-state index is 12.9. The molecule has 5 heteroatoms.